The lowest BCUT2D eigenvalue weighted by atomic mass is 9.95. The van der Waals surface area contributed by atoms with Gasteiger partial charge in [0.15, 0.2) is 0 Å². The molecule has 2 aliphatic rings. The Balaban J connectivity index is 0.000000902. The van der Waals surface area contributed by atoms with E-state index in [-0.39, 0.29) is 42.2 Å². The lowest BCUT2D eigenvalue weighted by Crippen LogP contribution is -2.55. The van der Waals surface area contributed by atoms with Crippen LogP contribution in [0.3, 0.4) is 0 Å². The Morgan fingerprint density at radius 2 is 2.05 bits per heavy atom. The van der Waals surface area contributed by atoms with E-state index >= 15 is 0 Å². The monoisotopic (exact) mass is 323 g/mol. The van der Waals surface area contributed by atoms with Crippen molar-refractivity contribution in [3.63, 3.8) is 0 Å². The second kappa shape index (κ2) is 6.88. The Kier molecular flexibility index (Phi) is 6.05. The molecule has 1 aromatic rings. The first-order valence-electron chi connectivity index (χ1n) is 6.23. The highest BCUT2D eigenvalue weighted by atomic mass is 35.5. The van der Waals surface area contributed by atoms with E-state index in [1.807, 2.05) is 11.6 Å². The molecule has 1 saturated heterocycles. The highest BCUT2D eigenvalue weighted by molar-refractivity contribution is 7.09. The number of carbonyl (C=O) groups excluding carboxylic acids is 1. The Hall–Kier alpha value is -0.360. The van der Waals surface area contributed by atoms with Crippen LogP contribution in [0.1, 0.15) is 30.7 Å². The summed E-state index contributed by atoms with van der Waals surface area (Å²) < 4.78 is 0. The van der Waals surface area contributed by atoms with Crippen molar-refractivity contribution in [3.8, 4) is 0 Å². The normalized spacial score (nSPS) is 20.8. The van der Waals surface area contributed by atoms with Crippen LogP contribution in [0.4, 0.5) is 0 Å². The summed E-state index contributed by atoms with van der Waals surface area (Å²) in [7, 11) is 0. The van der Waals surface area contributed by atoms with Crippen LogP contribution < -0.4 is 10.6 Å². The number of nitrogens with zero attached hydrogens (tertiary/aromatic N) is 1. The van der Waals surface area contributed by atoms with E-state index in [4.69, 9.17) is 0 Å². The number of nitrogens with one attached hydrogen (secondary N) is 2. The van der Waals surface area contributed by atoms with Crippen LogP contribution in [0, 0.1) is 5.92 Å². The molecule has 0 unspecified atom stereocenters. The van der Waals surface area contributed by atoms with Crippen molar-refractivity contribution in [3.05, 3.63) is 16.6 Å². The number of hydrogen-bond donors (Lipinski definition) is 2. The molecule has 1 aliphatic carbocycles. The van der Waals surface area contributed by atoms with E-state index in [9.17, 15) is 4.79 Å². The summed E-state index contributed by atoms with van der Waals surface area (Å²) in [5.41, 5.74) is -0.166. The van der Waals surface area contributed by atoms with Crippen LogP contribution in [0.25, 0.3) is 0 Å². The first-order chi connectivity index (χ1) is 8.30. The summed E-state index contributed by atoms with van der Waals surface area (Å²) in [6.45, 7) is 1.64. The van der Waals surface area contributed by atoms with Gasteiger partial charge >= 0.3 is 0 Å². The third-order valence-electron chi connectivity index (χ3n) is 3.81. The van der Waals surface area contributed by atoms with Crippen molar-refractivity contribution in [2.75, 3.05) is 13.1 Å². The zero-order chi connectivity index (χ0) is 11.7. The van der Waals surface area contributed by atoms with Crippen LogP contribution in [-0.4, -0.2) is 24.0 Å². The standard InChI is InChI=1S/C12H17N3OS.2ClH/c16-10(9-7-13-8-9)15-12(3-1-2-4-12)11-14-5-6-17-11;;/h5-6,9,13H,1-4,7-8H2,(H,15,16);2*1H. The van der Waals surface area contributed by atoms with Gasteiger partial charge in [-0.3, -0.25) is 4.79 Å². The maximum Gasteiger partial charge on any atom is 0.226 e. The molecule has 1 amide bonds. The molecule has 0 aromatic carbocycles. The predicted molar refractivity (Wildman–Crippen MR) is 81.3 cm³/mol. The molecule has 0 radical (unpaired) electrons. The second-order valence-corrected chi connectivity index (χ2v) is 5.87. The minimum atomic E-state index is -0.166. The molecule has 2 heterocycles. The first kappa shape index (κ1) is 16.7. The minimum absolute atomic E-state index is 0. The summed E-state index contributed by atoms with van der Waals surface area (Å²) in [5.74, 6) is 0.355. The van der Waals surface area contributed by atoms with Crippen LogP contribution in [0.15, 0.2) is 11.6 Å². The van der Waals surface area contributed by atoms with Crippen LogP contribution in [-0.2, 0) is 10.3 Å². The van der Waals surface area contributed by atoms with Crippen molar-refractivity contribution in [2.45, 2.75) is 31.2 Å². The maximum atomic E-state index is 12.1. The third-order valence-corrected chi connectivity index (χ3v) is 4.79. The molecule has 1 aromatic heterocycles. The van der Waals surface area contributed by atoms with Gasteiger partial charge in [-0.2, -0.15) is 0 Å². The quantitative estimate of drug-likeness (QED) is 0.895. The Morgan fingerprint density at radius 1 is 1.37 bits per heavy atom. The summed E-state index contributed by atoms with van der Waals surface area (Å²) in [4.78, 5) is 16.5. The van der Waals surface area contributed by atoms with Crippen molar-refractivity contribution in [2.24, 2.45) is 5.92 Å². The molecular weight excluding hydrogens is 305 g/mol. The fourth-order valence-electron chi connectivity index (χ4n) is 2.64. The molecule has 0 spiro atoms. The van der Waals surface area contributed by atoms with Gasteiger partial charge in [0.25, 0.3) is 0 Å². The first-order valence-corrected chi connectivity index (χ1v) is 7.11. The molecule has 1 aliphatic heterocycles. The Morgan fingerprint density at radius 3 is 2.53 bits per heavy atom. The average molecular weight is 324 g/mol. The van der Waals surface area contributed by atoms with Gasteiger partial charge in [0, 0.05) is 24.7 Å². The van der Waals surface area contributed by atoms with Crippen LogP contribution >= 0.6 is 36.2 Å². The largest absolute Gasteiger partial charge is 0.344 e. The van der Waals surface area contributed by atoms with E-state index in [0.717, 1.165) is 30.9 Å². The summed E-state index contributed by atoms with van der Waals surface area (Å²) in [6.07, 6.45) is 6.27. The van der Waals surface area contributed by atoms with E-state index < -0.39 is 0 Å². The van der Waals surface area contributed by atoms with Gasteiger partial charge in [0.2, 0.25) is 5.91 Å². The lowest BCUT2D eigenvalue weighted by Gasteiger charge is -2.33. The smallest absolute Gasteiger partial charge is 0.226 e. The number of hydrogen-bond acceptors (Lipinski definition) is 4. The number of thiazole rings is 1. The SMILES string of the molecule is Cl.Cl.O=C(NC1(c2nccs2)CCCC1)C1CNC1. The van der Waals surface area contributed by atoms with E-state index in [1.54, 1.807) is 11.3 Å². The number of rotatable bonds is 3. The zero-order valence-corrected chi connectivity index (χ0v) is 13.0. The number of aromatic nitrogens is 1. The van der Waals surface area contributed by atoms with Crippen LogP contribution in [0.5, 0.6) is 0 Å². The van der Waals surface area contributed by atoms with Gasteiger partial charge in [-0.25, -0.2) is 4.98 Å². The second-order valence-electron chi connectivity index (χ2n) is 4.97. The molecular formula is C12H19Cl2N3OS. The Bertz CT molecular complexity index is 403. The van der Waals surface area contributed by atoms with Gasteiger partial charge in [0.1, 0.15) is 5.01 Å². The van der Waals surface area contributed by atoms with Gasteiger partial charge < -0.3 is 10.6 Å². The topological polar surface area (TPSA) is 54.0 Å². The average Bonchev–Trinajstić information content (AvgIpc) is 2.82. The fraction of sp³-hybridized carbons (Fsp3) is 0.667. The number of carbonyl (C=O) groups is 1. The van der Waals surface area contributed by atoms with Crippen molar-refractivity contribution in [1.82, 2.24) is 15.6 Å². The lowest BCUT2D eigenvalue weighted by molar-refractivity contribution is -0.128. The number of halogens is 2. The van der Waals surface area contributed by atoms with Crippen molar-refractivity contribution < 1.29 is 4.79 Å². The molecule has 0 atom stereocenters. The zero-order valence-electron chi connectivity index (χ0n) is 10.6. The predicted octanol–water partition coefficient (Wildman–Crippen LogP) is 2.09. The molecule has 3 rings (SSSR count). The molecule has 108 valence electrons. The molecule has 2 fully saturated rings. The number of amides is 1. The highest BCUT2D eigenvalue weighted by Crippen LogP contribution is 2.39. The van der Waals surface area contributed by atoms with Gasteiger partial charge in [-0.15, -0.1) is 36.2 Å². The summed E-state index contributed by atoms with van der Waals surface area (Å²) in [5, 5.41) is 9.48. The molecule has 1 saturated carbocycles. The minimum Gasteiger partial charge on any atom is -0.344 e. The van der Waals surface area contributed by atoms with Crippen LogP contribution in [0.2, 0.25) is 0 Å². The van der Waals surface area contributed by atoms with Gasteiger partial charge in [-0.05, 0) is 12.8 Å². The molecule has 0 bridgehead atoms. The Labute approximate surface area is 129 Å². The fourth-order valence-corrected chi connectivity index (χ4v) is 3.50. The summed E-state index contributed by atoms with van der Waals surface area (Å²) >= 11 is 1.66. The van der Waals surface area contributed by atoms with Gasteiger partial charge in [0.05, 0.1) is 11.5 Å². The molecule has 7 heteroatoms. The third kappa shape index (κ3) is 3.21. The van der Waals surface area contributed by atoms with Gasteiger partial charge in [-0.1, -0.05) is 12.8 Å². The maximum absolute atomic E-state index is 12.1. The van der Waals surface area contributed by atoms with Crippen molar-refractivity contribution in [1.29, 1.82) is 0 Å². The van der Waals surface area contributed by atoms with E-state index in [1.165, 1.54) is 12.8 Å². The summed E-state index contributed by atoms with van der Waals surface area (Å²) in [6, 6.07) is 0. The van der Waals surface area contributed by atoms with Crippen molar-refractivity contribution >= 4 is 42.1 Å². The molecule has 2 N–H and O–H groups in total. The van der Waals surface area contributed by atoms with E-state index in [2.05, 4.69) is 15.6 Å². The molecule has 19 heavy (non-hydrogen) atoms. The van der Waals surface area contributed by atoms with E-state index in [0.29, 0.717) is 0 Å². The highest BCUT2D eigenvalue weighted by Gasteiger charge is 2.41. The molecule has 4 nitrogen and oxygen atoms in total.